The van der Waals surface area contributed by atoms with Crippen molar-refractivity contribution in [3.8, 4) is 23.0 Å². The highest BCUT2D eigenvalue weighted by Gasteiger charge is 2.30. The van der Waals surface area contributed by atoms with Crippen LogP contribution < -0.4 is 20.1 Å². The molecular weight excluding hydrogens is 564 g/mol. The summed E-state index contributed by atoms with van der Waals surface area (Å²) >= 11 is 0. The number of rotatable bonds is 4. The van der Waals surface area contributed by atoms with E-state index in [2.05, 4.69) is 25.8 Å². The van der Waals surface area contributed by atoms with E-state index in [4.69, 9.17) is 13.9 Å². The quantitative estimate of drug-likeness (QED) is 0.401. The van der Waals surface area contributed by atoms with E-state index >= 15 is 0 Å². The Hall–Kier alpha value is -4.35. The third-order valence-electron chi connectivity index (χ3n) is 8.36. The first-order valence-corrected chi connectivity index (χ1v) is 15.4. The highest BCUT2D eigenvalue weighted by molar-refractivity contribution is 5.98. The van der Waals surface area contributed by atoms with Crippen LogP contribution in [0.5, 0.6) is 11.5 Å². The molecule has 2 aliphatic rings. The van der Waals surface area contributed by atoms with Gasteiger partial charge in [0.2, 0.25) is 17.7 Å². The number of aromatic nitrogens is 3. The van der Waals surface area contributed by atoms with Crippen LogP contribution in [-0.4, -0.2) is 70.7 Å². The van der Waals surface area contributed by atoms with Gasteiger partial charge < -0.3 is 29.4 Å². The minimum absolute atomic E-state index is 0.127. The third-order valence-corrected chi connectivity index (χ3v) is 8.36. The van der Waals surface area contributed by atoms with Crippen molar-refractivity contribution in [1.82, 2.24) is 30.7 Å². The molecule has 236 valence electrons. The van der Waals surface area contributed by atoms with Crippen molar-refractivity contribution in [3.05, 3.63) is 47.1 Å². The number of ether oxygens (including phenoxy) is 2. The van der Waals surface area contributed by atoms with Crippen molar-refractivity contribution >= 4 is 17.7 Å². The minimum Gasteiger partial charge on any atom is -0.493 e. The molecule has 1 fully saturated rings. The van der Waals surface area contributed by atoms with Gasteiger partial charge in [0.05, 0.1) is 44.3 Å². The zero-order chi connectivity index (χ0) is 31.2. The maximum absolute atomic E-state index is 13.9. The zero-order valence-electron chi connectivity index (χ0n) is 25.9. The molecule has 12 heteroatoms. The number of aromatic amines is 1. The van der Waals surface area contributed by atoms with E-state index in [1.807, 2.05) is 19.9 Å². The molecule has 3 N–H and O–H groups in total. The Balaban J connectivity index is 1.43. The van der Waals surface area contributed by atoms with Crippen LogP contribution in [0.1, 0.15) is 85.8 Å². The van der Waals surface area contributed by atoms with Crippen LogP contribution >= 0.6 is 0 Å². The number of aryl methyl sites for hydroxylation is 1. The first-order chi connectivity index (χ1) is 21.2. The number of carbonyl (C=O) groups excluding carboxylic acids is 3. The van der Waals surface area contributed by atoms with Crippen LogP contribution in [0.2, 0.25) is 0 Å². The SMILES string of the molecule is COc1ccc2cc1OCCCN(C(=O)c1cn[nH]c1C1CCCCC1)CC(=O)N[C@@H](C(C)C)C(=O)NCc1nc-2oc1C. The molecule has 3 amide bonds. The maximum Gasteiger partial charge on any atom is 0.257 e. The van der Waals surface area contributed by atoms with Gasteiger partial charge in [0.15, 0.2) is 11.5 Å². The molecule has 2 aromatic heterocycles. The molecule has 0 spiro atoms. The highest BCUT2D eigenvalue weighted by atomic mass is 16.5. The van der Waals surface area contributed by atoms with Crippen molar-refractivity contribution in [2.75, 3.05) is 26.8 Å². The molecule has 1 atom stereocenters. The average Bonchev–Trinajstić information content (AvgIpc) is 3.66. The van der Waals surface area contributed by atoms with Gasteiger partial charge in [-0.2, -0.15) is 5.10 Å². The van der Waals surface area contributed by atoms with E-state index in [9.17, 15) is 14.4 Å². The summed E-state index contributed by atoms with van der Waals surface area (Å²) in [6.07, 6.45) is 7.41. The number of fused-ring (bicyclic) bond motifs is 5. The summed E-state index contributed by atoms with van der Waals surface area (Å²) in [5, 5.41) is 13.0. The standard InChI is InChI=1S/C32H42N6O6/c1-19(2)28-30(40)33-17-24-20(3)44-31(35-24)22-11-12-25(42-4)26(15-22)43-14-8-13-38(18-27(39)36-28)32(41)23-16-34-37-29(23)21-9-6-5-7-10-21/h11-12,15-16,19,21,28H,5-10,13-14,17-18H2,1-4H3,(H,33,40)(H,34,37)(H,36,39)/t28-/m0/s1. The Morgan fingerprint density at radius 3 is 2.68 bits per heavy atom. The van der Waals surface area contributed by atoms with Crippen LogP contribution in [0.4, 0.5) is 0 Å². The average molecular weight is 607 g/mol. The van der Waals surface area contributed by atoms with Crippen LogP contribution in [0.3, 0.4) is 0 Å². The van der Waals surface area contributed by atoms with Crippen LogP contribution in [0.15, 0.2) is 28.8 Å². The summed E-state index contributed by atoms with van der Waals surface area (Å²) in [5.74, 6) is 1.01. The van der Waals surface area contributed by atoms with Gasteiger partial charge in [-0.05, 0) is 50.3 Å². The molecular formula is C32H42N6O6. The lowest BCUT2D eigenvalue weighted by atomic mass is 9.85. The molecule has 3 aromatic rings. The Bertz CT molecular complexity index is 1470. The Labute approximate surface area is 257 Å². The normalized spacial score (nSPS) is 19.0. The second-order valence-electron chi connectivity index (χ2n) is 11.9. The van der Waals surface area contributed by atoms with Crippen molar-refractivity contribution < 1.29 is 28.3 Å². The van der Waals surface area contributed by atoms with Crippen molar-refractivity contribution in [1.29, 1.82) is 0 Å². The zero-order valence-corrected chi connectivity index (χ0v) is 25.9. The number of carbonyl (C=O) groups is 3. The number of hydrogen-bond donors (Lipinski definition) is 3. The lowest BCUT2D eigenvalue weighted by molar-refractivity contribution is -0.130. The topological polar surface area (TPSA) is 152 Å². The van der Waals surface area contributed by atoms with Gasteiger partial charge in [-0.1, -0.05) is 33.1 Å². The molecule has 3 heterocycles. The fourth-order valence-electron chi connectivity index (χ4n) is 5.88. The number of amides is 3. The summed E-state index contributed by atoms with van der Waals surface area (Å²) in [5.41, 5.74) is 2.59. The first-order valence-electron chi connectivity index (χ1n) is 15.4. The number of methoxy groups -OCH3 is 1. The second kappa shape index (κ2) is 14.0. The predicted molar refractivity (Wildman–Crippen MR) is 162 cm³/mol. The molecule has 0 saturated heterocycles. The van der Waals surface area contributed by atoms with E-state index < -0.39 is 11.9 Å². The highest BCUT2D eigenvalue weighted by Crippen LogP contribution is 2.34. The van der Waals surface area contributed by atoms with Gasteiger partial charge in [-0.25, -0.2) is 4.98 Å². The van der Waals surface area contributed by atoms with Crippen LogP contribution in [0, 0.1) is 12.8 Å². The van der Waals surface area contributed by atoms with E-state index in [1.54, 1.807) is 32.4 Å². The van der Waals surface area contributed by atoms with E-state index in [0.29, 0.717) is 46.4 Å². The summed E-state index contributed by atoms with van der Waals surface area (Å²) in [4.78, 5) is 46.7. The summed E-state index contributed by atoms with van der Waals surface area (Å²) in [7, 11) is 1.56. The summed E-state index contributed by atoms with van der Waals surface area (Å²) < 4.78 is 17.5. The molecule has 1 aliphatic heterocycles. The van der Waals surface area contributed by atoms with E-state index in [1.165, 1.54) is 11.3 Å². The van der Waals surface area contributed by atoms with Crippen LogP contribution in [0.25, 0.3) is 11.5 Å². The van der Waals surface area contributed by atoms with Gasteiger partial charge in [0.1, 0.15) is 17.5 Å². The number of nitrogens with one attached hydrogen (secondary N) is 3. The number of oxazole rings is 1. The molecule has 44 heavy (non-hydrogen) atoms. The molecule has 0 unspecified atom stereocenters. The molecule has 1 aromatic carbocycles. The molecule has 5 rings (SSSR count). The summed E-state index contributed by atoms with van der Waals surface area (Å²) in [6.45, 7) is 5.94. The fraction of sp³-hybridized carbons (Fsp3) is 0.531. The molecule has 1 saturated carbocycles. The fourth-order valence-corrected chi connectivity index (χ4v) is 5.88. The van der Waals surface area contributed by atoms with Gasteiger partial charge in [0.25, 0.3) is 5.91 Å². The molecule has 4 bridgehead atoms. The number of H-pyrrole nitrogens is 1. The molecule has 12 nitrogen and oxygen atoms in total. The monoisotopic (exact) mass is 606 g/mol. The number of benzene rings is 1. The Morgan fingerprint density at radius 2 is 1.93 bits per heavy atom. The molecule has 1 aliphatic carbocycles. The van der Waals surface area contributed by atoms with Crippen molar-refractivity contribution in [3.63, 3.8) is 0 Å². The van der Waals surface area contributed by atoms with Crippen LogP contribution in [-0.2, 0) is 16.1 Å². The number of hydrogen-bond acceptors (Lipinski definition) is 8. The van der Waals surface area contributed by atoms with E-state index in [-0.39, 0.29) is 49.9 Å². The van der Waals surface area contributed by atoms with Crippen molar-refractivity contribution in [2.24, 2.45) is 5.92 Å². The second-order valence-corrected chi connectivity index (χ2v) is 11.9. The third kappa shape index (κ3) is 7.06. The maximum atomic E-state index is 13.9. The lowest BCUT2D eigenvalue weighted by Gasteiger charge is -2.27. The van der Waals surface area contributed by atoms with Gasteiger partial charge in [-0.3, -0.25) is 19.5 Å². The smallest absolute Gasteiger partial charge is 0.257 e. The Kier molecular flexibility index (Phi) is 9.86. The Morgan fingerprint density at radius 1 is 1.14 bits per heavy atom. The van der Waals surface area contributed by atoms with Gasteiger partial charge in [0, 0.05) is 18.0 Å². The van der Waals surface area contributed by atoms with E-state index in [0.717, 1.165) is 31.4 Å². The van der Waals surface area contributed by atoms with Crippen molar-refractivity contribution in [2.45, 2.75) is 77.8 Å². The first kappa shape index (κ1) is 31.1. The van der Waals surface area contributed by atoms with Gasteiger partial charge in [-0.15, -0.1) is 0 Å². The predicted octanol–water partition coefficient (Wildman–Crippen LogP) is 4.11. The molecule has 0 radical (unpaired) electrons. The minimum atomic E-state index is -0.802. The lowest BCUT2D eigenvalue weighted by Crippen LogP contribution is -2.52. The largest absolute Gasteiger partial charge is 0.493 e. The van der Waals surface area contributed by atoms with Gasteiger partial charge >= 0.3 is 0 Å². The summed E-state index contributed by atoms with van der Waals surface area (Å²) in [6, 6.07) is 4.60. The number of nitrogens with zero attached hydrogens (tertiary/aromatic N) is 3.